The van der Waals surface area contributed by atoms with Crippen LogP contribution in [-0.4, -0.2) is 12.5 Å². The van der Waals surface area contributed by atoms with E-state index >= 15 is 0 Å². The quantitative estimate of drug-likeness (QED) is 0.894. The van der Waals surface area contributed by atoms with E-state index in [2.05, 4.69) is 27.3 Å². The van der Waals surface area contributed by atoms with Crippen LogP contribution in [0.15, 0.2) is 22.7 Å². The van der Waals surface area contributed by atoms with Gasteiger partial charge in [0.2, 0.25) is 5.91 Å². The van der Waals surface area contributed by atoms with E-state index in [1.165, 1.54) is 0 Å². The zero-order valence-electron chi connectivity index (χ0n) is 10.6. The summed E-state index contributed by atoms with van der Waals surface area (Å²) in [5.74, 6) is -0.0697. The Hall–Kier alpha value is -1.38. The minimum atomic E-state index is -0.0697. The predicted octanol–water partition coefficient (Wildman–Crippen LogP) is 2.78. The number of amides is 1. The molecule has 100 valence electrons. The first kappa shape index (κ1) is 14.0. The molecule has 4 nitrogen and oxygen atoms in total. The molecule has 1 aliphatic rings. The Morgan fingerprint density at radius 3 is 2.79 bits per heavy atom. The molecule has 0 spiro atoms. The van der Waals surface area contributed by atoms with Crippen LogP contribution >= 0.6 is 15.9 Å². The fraction of sp³-hybridized carbons (Fsp3) is 0.429. The number of carbonyl (C=O) groups excluding carboxylic acids is 1. The molecule has 19 heavy (non-hydrogen) atoms. The number of benzene rings is 1. The molecule has 0 aliphatic heterocycles. The van der Waals surface area contributed by atoms with Gasteiger partial charge in [-0.15, -0.1) is 0 Å². The Morgan fingerprint density at radius 2 is 2.26 bits per heavy atom. The Morgan fingerprint density at radius 1 is 1.53 bits per heavy atom. The van der Waals surface area contributed by atoms with Gasteiger partial charge in [-0.1, -0.05) is 22.4 Å². The van der Waals surface area contributed by atoms with Gasteiger partial charge in [-0.2, -0.15) is 5.26 Å². The molecule has 0 aromatic heterocycles. The van der Waals surface area contributed by atoms with Gasteiger partial charge in [0.25, 0.3) is 0 Å². The average molecular weight is 322 g/mol. The van der Waals surface area contributed by atoms with Crippen LogP contribution in [0.1, 0.15) is 31.2 Å². The van der Waals surface area contributed by atoms with E-state index in [0.717, 1.165) is 23.7 Å². The van der Waals surface area contributed by atoms with E-state index in [0.29, 0.717) is 24.2 Å². The van der Waals surface area contributed by atoms with Crippen molar-refractivity contribution in [2.24, 2.45) is 11.1 Å². The maximum absolute atomic E-state index is 12.1. The minimum Gasteiger partial charge on any atom is -0.330 e. The number of nitrogens with one attached hydrogen (secondary N) is 1. The molecule has 0 saturated heterocycles. The molecule has 3 N–H and O–H groups in total. The Kier molecular flexibility index (Phi) is 4.23. The van der Waals surface area contributed by atoms with E-state index in [4.69, 9.17) is 11.0 Å². The van der Waals surface area contributed by atoms with E-state index in [1.54, 1.807) is 18.2 Å². The summed E-state index contributed by atoms with van der Waals surface area (Å²) in [5.41, 5.74) is 6.74. The van der Waals surface area contributed by atoms with Crippen LogP contribution in [-0.2, 0) is 4.79 Å². The summed E-state index contributed by atoms with van der Waals surface area (Å²) in [6, 6.07) is 7.28. The highest BCUT2D eigenvalue weighted by atomic mass is 79.9. The zero-order valence-corrected chi connectivity index (χ0v) is 12.2. The molecular formula is C14H16BrN3O. The fourth-order valence-corrected chi connectivity index (χ4v) is 2.74. The molecule has 1 amide bonds. The van der Waals surface area contributed by atoms with Gasteiger partial charge in [0.15, 0.2) is 0 Å². The van der Waals surface area contributed by atoms with E-state index in [-0.39, 0.29) is 11.3 Å². The molecule has 1 aliphatic carbocycles. The first-order valence-electron chi connectivity index (χ1n) is 6.28. The highest BCUT2D eigenvalue weighted by Gasteiger charge is 2.37. The van der Waals surface area contributed by atoms with Gasteiger partial charge >= 0.3 is 0 Å². The molecule has 0 bridgehead atoms. The Labute approximate surface area is 121 Å². The van der Waals surface area contributed by atoms with Gasteiger partial charge in [-0.05, 0) is 43.0 Å². The summed E-state index contributed by atoms with van der Waals surface area (Å²) < 4.78 is 0.832. The second-order valence-corrected chi connectivity index (χ2v) is 6.00. The van der Waals surface area contributed by atoms with Crippen molar-refractivity contribution in [3.8, 4) is 6.07 Å². The van der Waals surface area contributed by atoms with Crippen molar-refractivity contribution in [3.05, 3.63) is 28.2 Å². The lowest BCUT2D eigenvalue weighted by molar-refractivity contribution is -0.119. The number of nitrogens with zero attached hydrogens (tertiary/aromatic N) is 1. The minimum absolute atomic E-state index is 0.0249. The van der Waals surface area contributed by atoms with Crippen molar-refractivity contribution < 1.29 is 4.79 Å². The molecule has 1 fully saturated rings. The average Bonchev–Trinajstić information content (AvgIpc) is 2.34. The highest BCUT2D eigenvalue weighted by molar-refractivity contribution is 9.10. The monoisotopic (exact) mass is 321 g/mol. The molecule has 0 radical (unpaired) electrons. The van der Waals surface area contributed by atoms with E-state index < -0.39 is 0 Å². The second kappa shape index (κ2) is 5.72. The van der Waals surface area contributed by atoms with Crippen LogP contribution in [0.25, 0.3) is 0 Å². The third-order valence-electron chi connectivity index (χ3n) is 3.76. The van der Waals surface area contributed by atoms with Gasteiger partial charge in [0.1, 0.15) is 6.07 Å². The van der Waals surface area contributed by atoms with Crippen molar-refractivity contribution >= 4 is 27.5 Å². The van der Waals surface area contributed by atoms with Gasteiger partial charge in [-0.3, -0.25) is 4.79 Å². The lowest BCUT2D eigenvalue weighted by Crippen LogP contribution is -2.40. The van der Waals surface area contributed by atoms with Crippen molar-refractivity contribution in [2.75, 3.05) is 11.9 Å². The van der Waals surface area contributed by atoms with E-state index in [1.807, 2.05) is 0 Å². The molecule has 1 aromatic rings. The van der Waals surface area contributed by atoms with Crippen molar-refractivity contribution in [1.29, 1.82) is 5.26 Å². The summed E-state index contributed by atoms with van der Waals surface area (Å²) in [6.45, 7) is 0.546. The largest absolute Gasteiger partial charge is 0.330 e. The molecule has 0 unspecified atom stereocenters. The highest BCUT2D eigenvalue weighted by Crippen LogP contribution is 2.43. The molecule has 1 saturated carbocycles. The number of nitrogens with two attached hydrogens (primary N) is 1. The van der Waals surface area contributed by atoms with Crippen LogP contribution in [0, 0.1) is 16.7 Å². The number of carbonyl (C=O) groups is 1. The normalized spacial score (nSPS) is 16.3. The summed E-state index contributed by atoms with van der Waals surface area (Å²) in [5, 5.41) is 11.8. The number of hydrogen-bond donors (Lipinski definition) is 2. The van der Waals surface area contributed by atoms with Crippen molar-refractivity contribution in [2.45, 2.75) is 25.7 Å². The first-order valence-corrected chi connectivity index (χ1v) is 7.07. The lowest BCUT2D eigenvalue weighted by atomic mass is 9.66. The predicted molar refractivity (Wildman–Crippen MR) is 77.4 cm³/mol. The van der Waals surface area contributed by atoms with Crippen LogP contribution in [0.5, 0.6) is 0 Å². The number of nitriles is 1. The van der Waals surface area contributed by atoms with Crippen LogP contribution in [0.3, 0.4) is 0 Å². The van der Waals surface area contributed by atoms with Crippen LogP contribution in [0.2, 0.25) is 0 Å². The van der Waals surface area contributed by atoms with Crippen molar-refractivity contribution in [1.82, 2.24) is 0 Å². The summed E-state index contributed by atoms with van der Waals surface area (Å²) in [4.78, 5) is 12.1. The van der Waals surface area contributed by atoms with Crippen LogP contribution < -0.4 is 11.1 Å². The SMILES string of the molecule is N#Cc1ccc(Br)cc1NC(=O)CC1(CN)CCC1. The third kappa shape index (κ3) is 3.14. The van der Waals surface area contributed by atoms with Gasteiger partial charge in [0, 0.05) is 10.9 Å². The molecule has 1 aromatic carbocycles. The molecule has 0 atom stereocenters. The van der Waals surface area contributed by atoms with E-state index in [9.17, 15) is 4.79 Å². The number of rotatable bonds is 4. The molecule has 0 heterocycles. The zero-order chi connectivity index (χ0) is 13.9. The number of halogens is 1. The first-order chi connectivity index (χ1) is 9.08. The topological polar surface area (TPSA) is 78.9 Å². The smallest absolute Gasteiger partial charge is 0.225 e. The summed E-state index contributed by atoms with van der Waals surface area (Å²) in [7, 11) is 0. The standard InChI is InChI=1S/C14H16BrN3O/c15-11-3-2-10(8-16)12(6-11)18-13(19)7-14(9-17)4-1-5-14/h2-3,6H,1,4-5,7,9,17H2,(H,18,19). The summed E-state index contributed by atoms with van der Waals surface area (Å²) >= 11 is 3.33. The van der Waals surface area contributed by atoms with Gasteiger partial charge in [-0.25, -0.2) is 0 Å². The lowest BCUT2D eigenvalue weighted by Gasteiger charge is -2.40. The molecular weight excluding hydrogens is 306 g/mol. The Balaban J connectivity index is 2.07. The maximum Gasteiger partial charge on any atom is 0.225 e. The number of hydrogen-bond acceptors (Lipinski definition) is 3. The van der Waals surface area contributed by atoms with Crippen LogP contribution in [0.4, 0.5) is 5.69 Å². The Bertz CT molecular complexity index is 526. The summed E-state index contributed by atoms with van der Waals surface area (Å²) in [6.07, 6.45) is 3.60. The molecule has 5 heteroatoms. The van der Waals surface area contributed by atoms with Gasteiger partial charge in [0.05, 0.1) is 11.3 Å². The second-order valence-electron chi connectivity index (χ2n) is 5.08. The number of anilines is 1. The maximum atomic E-state index is 12.1. The van der Waals surface area contributed by atoms with Crippen molar-refractivity contribution in [3.63, 3.8) is 0 Å². The van der Waals surface area contributed by atoms with Gasteiger partial charge < -0.3 is 11.1 Å². The molecule has 2 rings (SSSR count). The fourth-order valence-electron chi connectivity index (χ4n) is 2.38. The third-order valence-corrected chi connectivity index (χ3v) is 4.25.